The minimum atomic E-state index is -4.98. The number of aliphatic hydroxyl groups is 1. The molecule has 0 radical (unpaired) electrons. The van der Waals surface area contributed by atoms with Gasteiger partial charge in [0, 0.05) is 12.1 Å². The Balaban J connectivity index is 0.000000309. The lowest BCUT2D eigenvalue weighted by Crippen LogP contribution is -2.12. The molecule has 0 amide bonds. The normalized spacial score (nSPS) is 12.8. The predicted octanol–water partition coefficient (Wildman–Crippen LogP) is 4.78. The number of alkyl halides is 6. The zero-order valence-electron chi connectivity index (χ0n) is 13.5. The molecule has 0 saturated carbocycles. The molecule has 2 aromatic carbocycles. The molecule has 3 nitrogen and oxygen atoms in total. The van der Waals surface area contributed by atoms with Crippen molar-refractivity contribution in [1.82, 2.24) is 0 Å². The maximum Gasteiger partial charge on any atom is 0.416 e. The van der Waals surface area contributed by atoms with Gasteiger partial charge in [-0.3, -0.25) is 4.79 Å². The summed E-state index contributed by atoms with van der Waals surface area (Å²) < 4.78 is 73.7. The Kier molecular flexibility index (Phi) is 7.82. The van der Waals surface area contributed by atoms with Crippen LogP contribution in [0.15, 0.2) is 48.5 Å². The molecule has 0 aliphatic rings. The number of carbonyl (C=O) groups is 1. The summed E-state index contributed by atoms with van der Waals surface area (Å²) in [6, 6.07) is 9.85. The molecule has 10 heteroatoms. The first-order valence-corrected chi connectivity index (χ1v) is 7.66. The fourth-order valence-electron chi connectivity index (χ4n) is 1.88. The highest BCUT2D eigenvalue weighted by atomic mass is 35.5. The minimum Gasteiger partial charge on any atom is -0.387 e. The molecule has 3 N–H and O–H groups in total. The molecule has 0 aromatic heterocycles. The van der Waals surface area contributed by atoms with E-state index in [2.05, 4.69) is 0 Å². The Morgan fingerprint density at radius 2 is 1.41 bits per heavy atom. The molecule has 0 saturated heterocycles. The number of carbonyl (C=O) groups excluding carboxylic acids is 1. The quantitative estimate of drug-likeness (QED) is 0.562. The van der Waals surface area contributed by atoms with Gasteiger partial charge in [0.15, 0.2) is 0 Å². The van der Waals surface area contributed by atoms with E-state index in [1.807, 2.05) is 30.3 Å². The lowest BCUT2D eigenvalue weighted by Gasteiger charge is -2.12. The molecule has 0 spiro atoms. The second-order valence-corrected chi connectivity index (χ2v) is 5.57. The third-order valence-corrected chi connectivity index (χ3v) is 3.44. The van der Waals surface area contributed by atoms with Gasteiger partial charge in [0.2, 0.25) is 0 Å². The van der Waals surface area contributed by atoms with Crippen molar-refractivity contribution < 1.29 is 36.2 Å². The number of aliphatic hydroxyl groups excluding tert-OH is 1. The van der Waals surface area contributed by atoms with E-state index >= 15 is 0 Å². The van der Waals surface area contributed by atoms with Gasteiger partial charge >= 0.3 is 12.4 Å². The molecule has 1 atom stereocenters. The summed E-state index contributed by atoms with van der Waals surface area (Å²) in [6.07, 6.45) is -10.5. The van der Waals surface area contributed by atoms with E-state index in [0.717, 1.165) is 5.56 Å². The average molecular weight is 414 g/mol. The maximum atomic E-state index is 12.3. The number of rotatable bonds is 3. The molecule has 2 aromatic rings. The SMILES string of the molecule is NCC(O)c1ccccc1.O=C(Cl)c1cc(C(F)(F)F)cc(C(F)(F)F)c1. The fraction of sp³-hybridized carbons (Fsp3) is 0.235. The van der Waals surface area contributed by atoms with Crippen molar-refractivity contribution in [2.24, 2.45) is 5.73 Å². The van der Waals surface area contributed by atoms with E-state index in [1.54, 1.807) is 0 Å². The van der Waals surface area contributed by atoms with Crippen LogP contribution in [0.1, 0.15) is 33.2 Å². The van der Waals surface area contributed by atoms with Gasteiger partial charge < -0.3 is 10.8 Å². The van der Waals surface area contributed by atoms with E-state index in [0.29, 0.717) is 0 Å². The van der Waals surface area contributed by atoms with E-state index in [9.17, 15) is 36.2 Å². The average Bonchev–Trinajstić information content (AvgIpc) is 2.60. The van der Waals surface area contributed by atoms with Crippen LogP contribution in [0.3, 0.4) is 0 Å². The zero-order chi connectivity index (χ0) is 20.8. The number of nitrogens with two attached hydrogens (primary N) is 1. The van der Waals surface area contributed by atoms with Crippen LogP contribution in [-0.4, -0.2) is 16.9 Å². The van der Waals surface area contributed by atoms with Crippen molar-refractivity contribution in [3.05, 3.63) is 70.8 Å². The monoisotopic (exact) mass is 413 g/mol. The van der Waals surface area contributed by atoms with Gasteiger partial charge in [-0.2, -0.15) is 26.3 Å². The number of halogens is 7. The third kappa shape index (κ3) is 7.20. The molecule has 148 valence electrons. The van der Waals surface area contributed by atoms with Crippen molar-refractivity contribution in [2.45, 2.75) is 18.5 Å². The first-order chi connectivity index (χ1) is 12.4. The minimum absolute atomic E-state index is 0.0800. The lowest BCUT2D eigenvalue weighted by molar-refractivity contribution is -0.143. The molecular formula is C17H14ClF6NO2. The summed E-state index contributed by atoms with van der Waals surface area (Å²) in [5.74, 6) is 0. The van der Waals surface area contributed by atoms with Gasteiger partial charge in [-0.15, -0.1) is 0 Å². The standard InChI is InChI=1S/C9H3ClF6O.C8H11NO/c10-7(17)4-1-5(8(11,12)13)3-6(2-4)9(14,15)16;9-6-8(10)7-4-2-1-3-5-7/h1-3H;1-5,8,10H,6,9H2. The first-order valence-electron chi connectivity index (χ1n) is 7.28. The van der Waals surface area contributed by atoms with Crippen molar-refractivity contribution >= 4 is 16.8 Å². The maximum absolute atomic E-state index is 12.3. The van der Waals surface area contributed by atoms with Gasteiger partial charge in [-0.25, -0.2) is 0 Å². The van der Waals surface area contributed by atoms with Crippen molar-refractivity contribution in [1.29, 1.82) is 0 Å². The molecule has 0 aliphatic carbocycles. The molecule has 0 bridgehead atoms. The summed E-state index contributed by atoms with van der Waals surface area (Å²) in [5, 5.41) is 7.82. The summed E-state index contributed by atoms with van der Waals surface area (Å²) in [7, 11) is 0. The second-order valence-electron chi connectivity index (χ2n) is 5.23. The Morgan fingerprint density at radius 1 is 0.963 bits per heavy atom. The second kappa shape index (κ2) is 9.20. The van der Waals surface area contributed by atoms with Crippen LogP contribution < -0.4 is 5.73 Å². The van der Waals surface area contributed by atoms with E-state index < -0.39 is 40.4 Å². The Hall–Kier alpha value is -2.10. The van der Waals surface area contributed by atoms with Crippen molar-refractivity contribution in [2.75, 3.05) is 6.54 Å². The number of benzene rings is 2. The van der Waals surface area contributed by atoms with Crippen LogP contribution in [0.5, 0.6) is 0 Å². The predicted molar refractivity (Wildman–Crippen MR) is 87.1 cm³/mol. The van der Waals surface area contributed by atoms with Crippen LogP contribution in [0.4, 0.5) is 26.3 Å². The van der Waals surface area contributed by atoms with E-state index in [-0.39, 0.29) is 24.7 Å². The summed E-state index contributed by atoms with van der Waals surface area (Å²) >= 11 is 4.87. The number of hydrogen-bond acceptors (Lipinski definition) is 3. The van der Waals surface area contributed by atoms with E-state index in [1.165, 1.54) is 0 Å². The van der Waals surface area contributed by atoms with Gasteiger partial charge in [-0.1, -0.05) is 30.3 Å². The van der Waals surface area contributed by atoms with Crippen molar-refractivity contribution in [3.8, 4) is 0 Å². The van der Waals surface area contributed by atoms with Crippen LogP contribution in [0.25, 0.3) is 0 Å². The highest BCUT2D eigenvalue weighted by Crippen LogP contribution is 2.36. The number of hydrogen-bond donors (Lipinski definition) is 2. The summed E-state index contributed by atoms with van der Waals surface area (Å²) in [4.78, 5) is 10.6. The van der Waals surface area contributed by atoms with Gasteiger partial charge in [0.1, 0.15) is 0 Å². The Bertz CT molecular complexity index is 730. The Morgan fingerprint density at radius 3 is 1.74 bits per heavy atom. The Labute approximate surface area is 155 Å². The molecule has 0 aliphatic heterocycles. The highest BCUT2D eigenvalue weighted by molar-refractivity contribution is 6.67. The topological polar surface area (TPSA) is 63.3 Å². The molecule has 0 heterocycles. The van der Waals surface area contributed by atoms with Crippen molar-refractivity contribution in [3.63, 3.8) is 0 Å². The summed E-state index contributed by atoms with van der Waals surface area (Å²) in [5.41, 5.74) is 2.14. The molecule has 1 unspecified atom stereocenters. The summed E-state index contributed by atoms with van der Waals surface area (Å²) in [6.45, 7) is 0.282. The largest absolute Gasteiger partial charge is 0.416 e. The van der Waals surface area contributed by atoms with Crippen LogP contribution >= 0.6 is 11.6 Å². The van der Waals surface area contributed by atoms with Gasteiger partial charge in [0.05, 0.1) is 17.2 Å². The fourth-order valence-corrected chi connectivity index (χ4v) is 1.99. The molecular weight excluding hydrogens is 400 g/mol. The first kappa shape index (κ1) is 22.9. The molecule has 27 heavy (non-hydrogen) atoms. The van der Waals surface area contributed by atoms with Gasteiger partial charge in [0.25, 0.3) is 5.24 Å². The third-order valence-electron chi connectivity index (χ3n) is 3.22. The van der Waals surface area contributed by atoms with Gasteiger partial charge in [-0.05, 0) is 35.4 Å². The van der Waals surface area contributed by atoms with Crippen LogP contribution in [-0.2, 0) is 12.4 Å². The van der Waals surface area contributed by atoms with E-state index in [4.69, 9.17) is 17.3 Å². The highest BCUT2D eigenvalue weighted by Gasteiger charge is 2.37. The van der Waals surface area contributed by atoms with Crippen LogP contribution in [0, 0.1) is 0 Å². The zero-order valence-corrected chi connectivity index (χ0v) is 14.2. The van der Waals surface area contributed by atoms with Crippen LogP contribution in [0.2, 0.25) is 0 Å². The molecule has 0 fully saturated rings. The lowest BCUT2D eigenvalue weighted by atomic mass is 10.1. The smallest absolute Gasteiger partial charge is 0.387 e. The molecule has 2 rings (SSSR count).